The third-order valence-corrected chi connectivity index (χ3v) is 1.97. The van der Waals surface area contributed by atoms with Gasteiger partial charge in [0.25, 0.3) is 0 Å². The maximum Gasteiger partial charge on any atom is 0.115 e. The number of hydrogen-bond donors (Lipinski definition) is 3. The van der Waals surface area contributed by atoms with Crippen LogP contribution in [0.3, 0.4) is 0 Å². The van der Waals surface area contributed by atoms with Crippen LogP contribution in [0.5, 0.6) is 5.75 Å². The van der Waals surface area contributed by atoms with Gasteiger partial charge in [-0.2, -0.15) is 0 Å². The van der Waals surface area contributed by atoms with Crippen molar-refractivity contribution in [3.05, 3.63) is 29.3 Å². The zero-order valence-electron chi connectivity index (χ0n) is 7.33. The predicted octanol–water partition coefficient (Wildman–Crippen LogP) is 1.22. The van der Waals surface area contributed by atoms with Crippen molar-refractivity contribution in [1.29, 1.82) is 0 Å². The highest BCUT2D eigenvalue weighted by Gasteiger charge is 2.05. The molecule has 3 heteroatoms. The summed E-state index contributed by atoms with van der Waals surface area (Å²) in [5.41, 5.74) is 4.81. The molecule has 0 bridgehead atoms. The zero-order valence-corrected chi connectivity index (χ0v) is 7.33. The van der Waals surface area contributed by atoms with Gasteiger partial charge in [0, 0.05) is 6.04 Å². The minimum Gasteiger partial charge on any atom is -0.508 e. The zero-order chi connectivity index (χ0) is 9.14. The molecule has 0 aliphatic carbocycles. The maximum absolute atomic E-state index is 9.14. The average molecular weight is 166 g/mol. The number of benzene rings is 1. The van der Waals surface area contributed by atoms with E-state index in [0.717, 1.165) is 11.1 Å². The first-order valence-corrected chi connectivity index (χ1v) is 3.91. The fourth-order valence-corrected chi connectivity index (χ4v) is 1.24. The fourth-order valence-electron chi connectivity index (χ4n) is 1.24. The highest BCUT2D eigenvalue weighted by molar-refractivity contribution is 5.35. The SMILES string of the molecule is Cc1cc(O)ccc1[C@@H](C)NN. The second-order valence-corrected chi connectivity index (χ2v) is 2.93. The third kappa shape index (κ3) is 1.75. The molecule has 3 nitrogen and oxygen atoms in total. The number of hydrazine groups is 1. The second kappa shape index (κ2) is 3.56. The number of aromatic hydroxyl groups is 1. The molecule has 0 saturated carbocycles. The van der Waals surface area contributed by atoms with E-state index in [1.807, 2.05) is 19.9 Å². The molecule has 1 aromatic carbocycles. The van der Waals surface area contributed by atoms with Gasteiger partial charge in [-0.3, -0.25) is 11.3 Å². The quantitative estimate of drug-likeness (QED) is 0.457. The van der Waals surface area contributed by atoms with Gasteiger partial charge in [-0.1, -0.05) is 6.07 Å². The molecule has 0 aliphatic heterocycles. The molecule has 12 heavy (non-hydrogen) atoms. The van der Waals surface area contributed by atoms with Crippen molar-refractivity contribution in [1.82, 2.24) is 5.43 Å². The van der Waals surface area contributed by atoms with Crippen molar-refractivity contribution in [3.63, 3.8) is 0 Å². The summed E-state index contributed by atoms with van der Waals surface area (Å²) in [4.78, 5) is 0. The van der Waals surface area contributed by atoms with Crippen molar-refractivity contribution in [2.24, 2.45) is 5.84 Å². The normalized spacial score (nSPS) is 12.9. The van der Waals surface area contributed by atoms with Crippen LogP contribution in [0.15, 0.2) is 18.2 Å². The van der Waals surface area contributed by atoms with Gasteiger partial charge >= 0.3 is 0 Å². The average Bonchev–Trinajstić information content (AvgIpc) is 2.03. The Hall–Kier alpha value is -1.06. The van der Waals surface area contributed by atoms with Gasteiger partial charge in [-0.05, 0) is 37.1 Å². The highest BCUT2D eigenvalue weighted by atomic mass is 16.3. The highest BCUT2D eigenvalue weighted by Crippen LogP contribution is 2.20. The molecule has 0 aromatic heterocycles. The Bertz CT molecular complexity index is 273. The van der Waals surface area contributed by atoms with E-state index in [1.54, 1.807) is 12.1 Å². The molecule has 1 aromatic rings. The van der Waals surface area contributed by atoms with Crippen LogP contribution in [0.1, 0.15) is 24.1 Å². The summed E-state index contributed by atoms with van der Waals surface area (Å²) in [6.07, 6.45) is 0. The molecule has 0 aliphatic rings. The molecule has 4 N–H and O–H groups in total. The Balaban J connectivity index is 3.01. The summed E-state index contributed by atoms with van der Waals surface area (Å²) in [7, 11) is 0. The van der Waals surface area contributed by atoms with Crippen LogP contribution in [0.25, 0.3) is 0 Å². The Morgan fingerprint density at radius 2 is 2.17 bits per heavy atom. The molecular formula is C9H14N2O. The summed E-state index contributed by atoms with van der Waals surface area (Å²) in [6, 6.07) is 5.37. The molecule has 0 saturated heterocycles. The van der Waals surface area contributed by atoms with Crippen LogP contribution in [-0.4, -0.2) is 5.11 Å². The molecular weight excluding hydrogens is 152 g/mol. The summed E-state index contributed by atoms with van der Waals surface area (Å²) in [6.45, 7) is 3.92. The van der Waals surface area contributed by atoms with Crippen molar-refractivity contribution in [2.45, 2.75) is 19.9 Å². The largest absolute Gasteiger partial charge is 0.508 e. The van der Waals surface area contributed by atoms with E-state index in [-0.39, 0.29) is 6.04 Å². The van der Waals surface area contributed by atoms with Crippen LogP contribution >= 0.6 is 0 Å². The monoisotopic (exact) mass is 166 g/mol. The van der Waals surface area contributed by atoms with Gasteiger partial charge < -0.3 is 5.11 Å². The first-order chi connectivity index (χ1) is 5.65. The van der Waals surface area contributed by atoms with E-state index in [9.17, 15) is 0 Å². The van der Waals surface area contributed by atoms with Crippen LogP contribution in [0.2, 0.25) is 0 Å². The van der Waals surface area contributed by atoms with E-state index in [0.29, 0.717) is 5.75 Å². The smallest absolute Gasteiger partial charge is 0.115 e. The Morgan fingerprint density at radius 1 is 1.50 bits per heavy atom. The molecule has 0 unspecified atom stereocenters. The predicted molar refractivity (Wildman–Crippen MR) is 48.6 cm³/mol. The van der Waals surface area contributed by atoms with Gasteiger partial charge in [0.1, 0.15) is 5.75 Å². The number of nitrogens with one attached hydrogen (secondary N) is 1. The van der Waals surface area contributed by atoms with Crippen molar-refractivity contribution < 1.29 is 5.11 Å². The number of phenolic OH excluding ortho intramolecular Hbond substituents is 1. The van der Waals surface area contributed by atoms with E-state index in [1.165, 1.54) is 0 Å². The van der Waals surface area contributed by atoms with E-state index in [4.69, 9.17) is 10.9 Å². The van der Waals surface area contributed by atoms with Crippen molar-refractivity contribution in [2.75, 3.05) is 0 Å². The number of aryl methyl sites for hydroxylation is 1. The lowest BCUT2D eigenvalue weighted by Crippen LogP contribution is -2.26. The molecule has 1 rings (SSSR count). The summed E-state index contributed by atoms with van der Waals surface area (Å²) in [5.74, 6) is 5.59. The molecule has 0 fully saturated rings. The number of phenols is 1. The molecule has 0 heterocycles. The minimum atomic E-state index is 0.116. The third-order valence-electron chi connectivity index (χ3n) is 1.97. The van der Waals surface area contributed by atoms with Gasteiger partial charge in [-0.25, -0.2) is 0 Å². The lowest BCUT2D eigenvalue weighted by atomic mass is 10.0. The van der Waals surface area contributed by atoms with Crippen LogP contribution < -0.4 is 11.3 Å². The van der Waals surface area contributed by atoms with Crippen LogP contribution in [0.4, 0.5) is 0 Å². The fraction of sp³-hybridized carbons (Fsp3) is 0.333. The summed E-state index contributed by atoms with van der Waals surface area (Å²) in [5, 5.41) is 9.14. The van der Waals surface area contributed by atoms with E-state index in [2.05, 4.69) is 5.43 Å². The van der Waals surface area contributed by atoms with Crippen LogP contribution in [0, 0.1) is 6.92 Å². The van der Waals surface area contributed by atoms with Gasteiger partial charge in [-0.15, -0.1) is 0 Å². The van der Waals surface area contributed by atoms with E-state index < -0.39 is 0 Å². The summed E-state index contributed by atoms with van der Waals surface area (Å²) >= 11 is 0. The second-order valence-electron chi connectivity index (χ2n) is 2.93. The Morgan fingerprint density at radius 3 is 2.67 bits per heavy atom. The first-order valence-electron chi connectivity index (χ1n) is 3.91. The van der Waals surface area contributed by atoms with Crippen molar-refractivity contribution in [3.8, 4) is 5.75 Å². The molecule has 0 amide bonds. The molecule has 66 valence electrons. The van der Waals surface area contributed by atoms with Crippen LogP contribution in [-0.2, 0) is 0 Å². The lowest BCUT2D eigenvalue weighted by molar-refractivity contribution is 0.474. The maximum atomic E-state index is 9.14. The van der Waals surface area contributed by atoms with E-state index >= 15 is 0 Å². The standard InChI is InChI=1S/C9H14N2O/c1-6-5-8(12)3-4-9(6)7(2)11-10/h3-5,7,11-12H,10H2,1-2H3/t7-/m1/s1. The van der Waals surface area contributed by atoms with Gasteiger partial charge in [0.05, 0.1) is 0 Å². The van der Waals surface area contributed by atoms with Gasteiger partial charge in [0.2, 0.25) is 0 Å². The summed E-state index contributed by atoms with van der Waals surface area (Å²) < 4.78 is 0. The number of nitrogens with two attached hydrogens (primary N) is 1. The Labute approximate surface area is 72.2 Å². The molecule has 0 spiro atoms. The molecule has 1 atom stereocenters. The topological polar surface area (TPSA) is 58.3 Å². The lowest BCUT2D eigenvalue weighted by Gasteiger charge is -2.13. The number of hydrogen-bond acceptors (Lipinski definition) is 3. The minimum absolute atomic E-state index is 0.116. The first kappa shape index (κ1) is 9.03. The Kier molecular flexibility index (Phi) is 2.68. The molecule has 0 radical (unpaired) electrons. The van der Waals surface area contributed by atoms with Gasteiger partial charge in [0.15, 0.2) is 0 Å². The number of rotatable bonds is 2. The van der Waals surface area contributed by atoms with Crippen molar-refractivity contribution >= 4 is 0 Å².